The van der Waals surface area contributed by atoms with Crippen LogP contribution in [-0.4, -0.2) is 42.0 Å². The van der Waals surface area contributed by atoms with Gasteiger partial charge < -0.3 is 4.90 Å². The van der Waals surface area contributed by atoms with Crippen molar-refractivity contribution in [1.29, 1.82) is 0 Å². The molecule has 0 fully saturated rings. The second-order valence-corrected chi connectivity index (χ2v) is 8.28. The lowest BCUT2D eigenvalue weighted by Gasteiger charge is -2.21. The van der Waals surface area contributed by atoms with Crippen LogP contribution in [-0.2, 0) is 14.1 Å². The minimum absolute atomic E-state index is 0.119. The number of imidazole rings is 1. The molecule has 0 atom stereocenters. The zero-order chi connectivity index (χ0) is 23.3. The third kappa shape index (κ3) is 3.29. The van der Waals surface area contributed by atoms with E-state index in [1.54, 1.807) is 27.1 Å². The molecule has 0 radical (unpaired) electrons. The molecular weight excluding hydrogens is 414 g/mol. The second kappa shape index (κ2) is 7.88. The number of hydrogen-bond acceptors (Lipinski definition) is 5. The molecule has 8 nitrogen and oxygen atoms in total. The molecule has 0 unspecified atom stereocenters. The summed E-state index contributed by atoms with van der Waals surface area (Å²) in [6.45, 7) is 8.04. The molecule has 0 bridgehead atoms. The van der Waals surface area contributed by atoms with Gasteiger partial charge in [-0.15, -0.1) is 0 Å². The van der Waals surface area contributed by atoms with Gasteiger partial charge in [-0.1, -0.05) is 6.07 Å². The zero-order valence-electron chi connectivity index (χ0n) is 19.6. The first-order chi connectivity index (χ1) is 15.9. The molecule has 0 aliphatic carbocycles. The summed E-state index contributed by atoms with van der Waals surface area (Å²) >= 11 is 0. The van der Waals surface area contributed by atoms with Crippen molar-refractivity contribution in [2.45, 2.75) is 20.8 Å². The number of anilines is 1. The van der Waals surface area contributed by atoms with Crippen molar-refractivity contribution < 1.29 is 0 Å². The Morgan fingerprint density at radius 2 is 1.79 bits per heavy atom. The van der Waals surface area contributed by atoms with Gasteiger partial charge in [0.15, 0.2) is 0 Å². The number of aryl methyl sites for hydroxylation is 3. The van der Waals surface area contributed by atoms with Crippen LogP contribution >= 0.6 is 0 Å². The van der Waals surface area contributed by atoms with Crippen LogP contribution in [0.4, 0.5) is 5.69 Å². The lowest BCUT2D eigenvalue weighted by Crippen LogP contribution is -2.21. The third-order valence-corrected chi connectivity index (χ3v) is 6.30. The van der Waals surface area contributed by atoms with Gasteiger partial charge in [0.2, 0.25) is 0 Å². The molecule has 1 aromatic carbocycles. The van der Waals surface area contributed by atoms with Crippen molar-refractivity contribution in [3.63, 3.8) is 0 Å². The van der Waals surface area contributed by atoms with E-state index in [1.165, 1.54) is 0 Å². The summed E-state index contributed by atoms with van der Waals surface area (Å²) in [5.74, 6) is 0. The fourth-order valence-electron chi connectivity index (χ4n) is 4.55. The first-order valence-corrected chi connectivity index (χ1v) is 11.1. The van der Waals surface area contributed by atoms with Crippen LogP contribution in [0.2, 0.25) is 0 Å². The first-order valence-electron chi connectivity index (χ1n) is 11.1. The summed E-state index contributed by atoms with van der Waals surface area (Å²) in [4.78, 5) is 24.7. The number of rotatable bonds is 5. The molecule has 0 saturated carbocycles. The number of nitrogens with zero attached hydrogens (tertiary/aromatic N) is 7. The number of benzene rings is 1. The van der Waals surface area contributed by atoms with Gasteiger partial charge in [-0.25, -0.2) is 4.79 Å². The van der Waals surface area contributed by atoms with Gasteiger partial charge in [0.25, 0.3) is 0 Å². The molecule has 0 N–H and O–H groups in total. The van der Waals surface area contributed by atoms with E-state index in [9.17, 15) is 4.79 Å². The highest BCUT2D eigenvalue weighted by Gasteiger charge is 2.19. The van der Waals surface area contributed by atoms with Crippen molar-refractivity contribution >= 4 is 27.6 Å². The van der Waals surface area contributed by atoms with E-state index in [0.29, 0.717) is 0 Å². The Morgan fingerprint density at radius 3 is 2.48 bits per heavy atom. The maximum Gasteiger partial charge on any atom is 0.333 e. The largest absolute Gasteiger partial charge is 0.371 e. The number of fused-ring (bicyclic) bond motifs is 3. The van der Waals surface area contributed by atoms with Crippen LogP contribution in [0, 0.1) is 6.92 Å². The Bertz CT molecular complexity index is 1550. The number of pyridine rings is 2. The van der Waals surface area contributed by atoms with E-state index in [1.807, 2.05) is 38.6 Å². The van der Waals surface area contributed by atoms with Crippen LogP contribution in [0.25, 0.3) is 38.8 Å². The molecule has 4 aromatic heterocycles. The van der Waals surface area contributed by atoms with Crippen molar-refractivity contribution in [2.75, 3.05) is 18.0 Å². The molecule has 8 heteroatoms. The van der Waals surface area contributed by atoms with Gasteiger partial charge >= 0.3 is 5.69 Å². The van der Waals surface area contributed by atoms with Crippen molar-refractivity contribution in [1.82, 2.24) is 28.9 Å². The maximum absolute atomic E-state index is 13.3. The second-order valence-electron chi connectivity index (χ2n) is 8.28. The standard InChI is InChI=1S/C25H27N7O/c1-6-31(7-2)19-10-18(12-26-13-19)17-8-9-21-20(11-17)24-22(14-27-21)30(5)25(33)32(24)23-15-29(4)28-16(23)3/h8-15H,6-7H2,1-5H3. The van der Waals surface area contributed by atoms with Gasteiger partial charge in [0.05, 0.1) is 46.0 Å². The Hall–Kier alpha value is -3.94. The van der Waals surface area contributed by atoms with E-state index < -0.39 is 0 Å². The van der Waals surface area contributed by atoms with Crippen LogP contribution in [0.5, 0.6) is 0 Å². The molecule has 0 amide bonds. The van der Waals surface area contributed by atoms with Crippen LogP contribution < -0.4 is 10.6 Å². The zero-order valence-corrected chi connectivity index (χ0v) is 19.6. The number of aromatic nitrogens is 6. The molecule has 5 rings (SSSR count). The van der Waals surface area contributed by atoms with E-state index in [0.717, 1.165) is 63.2 Å². The summed E-state index contributed by atoms with van der Waals surface area (Å²) in [6.07, 6.45) is 7.43. The normalized spacial score (nSPS) is 11.5. The molecule has 0 aliphatic rings. The topological polar surface area (TPSA) is 73.8 Å². The van der Waals surface area contributed by atoms with Crippen molar-refractivity contribution in [3.8, 4) is 16.8 Å². The fourth-order valence-corrected chi connectivity index (χ4v) is 4.55. The SMILES string of the molecule is CCN(CC)c1cncc(-c2ccc3ncc4c(c3c2)n(-c2cn(C)nc2C)c(=O)n4C)c1. The average molecular weight is 442 g/mol. The predicted octanol–water partition coefficient (Wildman–Crippen LogP) is 3.83. The van der Waals surface area contributed by atoms with Crippen LogP contribution in [0.15, 0.2) is 53.8 Å². The summed E-state index contributed by atoms with van der Waals surface area (Å²) in [7, 11) is 3.64. The Balaban J connectivity index is 1.79. The van der Waals surface area contributed by atoms with Crippen molar-refractivity contribution in [2.24, 2.45) is 14.1 Å². The average Bonchev–Trinajstić information content (AvgIpc) is 3.29. The molecular formula is C25H27N7O. The molecule has 0 aliphatic heterocycles. The highest BCUT2D eigenvalue weighted by atomic mass is 16.1. The quantitative estimate of drug-likeness (QED) is 0.414. The lowest BCUT2D eigenvalue weighted by atomic mass is 10.0. The molecule has 4 heterocycles. The third-order valence-electron chi connectivity index (χ3n) is 6.30. The van der Waals surface area contributed by atoms with Gasteiger partial charge in [-0.05, 0) is 44.5 Å². The smallest absolute Gasteiger partial charge is 0.333 e. The summed E-state index contributed by atoms with van der Waals surface area (Å²) in [5.41, 5.74) is 7.05. The molecule has 0 spiro atoms. The van der Waals surface area contributed by atoms with Gasteiger partial charge in [0.1, 0.15) is 0 Å². The van der Waals surface area contributed by atoms with Crippen LogP contribution in [0.1, 0.15) is 19.5 Å². The predicted molar refractivity (Wildman–Crippen MR) is 132 cm³/mol. The maximum atomic E-state index is 13.3. The summed E-state index contributed by atoms with van der Waals surface area (Å²) < 4.78 is 5.12. The van der Waals surface area contributed by atoms with E-state index in [4.69, 9.17) is 0 Å². The Morgan fingerprint density at radius 1 is 1.00 bits per heavy atom. The van der Waals surface area contributed by atoms with E-state index >= 15 is 0 Å². The van der Waals surface area contributed by atoms with Gasteiger partial charge in [-0.3, -0.25) is 23.8 Å². The summed E-state index contributed by atoms with van der Waals surface area (Å²) in [6, 6.07) is 8.34. The monoisotopic (exact) mass is 441 g/mol. The molecule has 5 aromatic rings. The molecule has 33 heavy (non-hydrogen) atoms. The first kappa shape index (κ1) is 20.9. The fraction of sp³-hybridized carbons (Fsp3) is 0.280. The van der Waals surface area contributed by atoms with E-state index in [2.05, 4.69) is 52.0 Å². The molecule has 0 saturated heterocycles. The Kier molecular flexibility index (Phi) is 5.00. The highest BCUT2D eigenvalue weighted by Crippen LogP contribution is 2.31. The van der Waals surface area contributed by atoms with Crippen molar-refractivity contribution in [3.05, 3.63) is 65.2 Å². The van der Waals surface area contributed by atoms with Gasteiger partial charge in [-0.2, -0.15) is 5.10 Å². The molecule has 168 valence electrons. The lowest BCUT2D eigenvalue weighted by molar-refractivity contribution is 0.756. The van der Waals surface area contributed by atoms with Gasteiger partial charge in [0, 0.05) is 50.5 Å². The highest BCUT2D eigenvalue weighted by molar-refractivity contribution is 6.04. The van der Waals surface area contributed by atoms with E-state index in [-0.39, 0.29) is 5.69 Å². The number of hydrogen-bond donors (Lipinski definition) is 0. The minimum Gasteiger partial charge on any atom is -0.371 e. The van der Waals surface area contributed by atoms with Crippen LogP contribution in [0.3, 0.4) is 0 Å². The minimum atomic E-state index is -0.119. The summed E-state index contributed by atoms with van der Waals surface area (Å²) in [5, 5.41) is 5.37. The Labute approximate surface area is 191 Å².